The molecule has 0 saturated carbocycles. The molecule has 0 radical (unpaired) electrons. The molecular formula is C45H64FN11O4SSn2. The minimum atomic E-state index is -2.50. The van der Waals surface area contributed by atoms with E-state index in [0.717, 1.165) is 77.6 Å². The molecule has 0 saturated heterocycles. The van der Waals surface area contributed by atoms with E-state index >= 15 is 0 Å². The molecule has 19 heteroatoms. The zero-order chi connectivity index (χ0) is 46.1. The van der Waals surface area contributed by atoms with Crippen LogP contribution in [0.1, 0.15) is 52.4 Å². The van der Waals surface area contributed by atoms with Gasteiger partial charge in [0.25, 0.3) is 0 Å². The number of hydrogen-bond acceptors (Lipinski definition) is 14. The first kappa shape index (κ1) is 48.1. The standard InChI is InChI=1S/C20H24N5O2S.C19H22FN6O2.6CH3.2Sn/c1-20(2,3)11-22-8-9-25-14-6-7-23-18(21)17(14)24-19(25)28-13-4-5-15-16(10-13)27-12-26-15;1-11(2)22-6-3-7-26-15(23-16-17(21)24-19(20)25-18(16)26)9-12-4-5-13-14(8-12)28-10-27-13;;;;;;;;/h5-7,10,22H,8-9,11-12H2,1-3H3,(H2,21,23);5,8,11,22H,3,6-7,9-10H2,1-2H3,(H2,21,24,25);6*1H3;;. The number of ether oxygens (including phenoxy) is 4. The normalized spacial score (nSPS) is 13.6. The maximum atomic E-state index is 14.0. The Morgan fingerprint density at radius 1 is 0.781 bits per heavy atom. The number of nitrogens with zero attached hydrogens (tertiary/aromatic N) is 7. The number of imidazole rings is 2. The van der Waals surface area contributed by atoms with Crippen molar-refractivity contribution >= 4 is 89.5 Å². The van der Waals surface area contributed by atoms with Crippen LogP contribution in [0.3, 0.4) is 0 Å². The van der Waals surface area contributed by atoms with Crippen LogP contribution in [0.15, 0.2) is 46.6 Å². The zero-order valence-electron chi connectivity index (χ0n) is 39.1. The molecule has 344 valence electrons. The molecule has 15 nitrogen and oxygen atoms in total. The third-order valence-electron chi connectivity index (χ3n) is 10.9. The number of anilines is 2. The van der Waals surface area contributed by atoms with Crippen molar-refractivity contribution in [3.8, 4) is 23.0 Å². The summed E-state index contributed by atoms with van der Waals surface area (Å²) in [5, 5.41) is 7.91. The van der Waals surface area contributed by atoms with Gasteiger partial charge in [-0.3, -0.25) is 0 Å². The van der Waals surface area contributed by atoms with Gasteiger partial charge in [-0.2, -0.15) is 0 Å². The van der Waals surface area contributed by atoms with Gasteiger partial charge in [-0.15, -0.1) is 0 Å². The van der Waals surface area contributed by atoms with E-state index in [2.05, 4.69) is 119 Å². The summed E-state index contributed by atoms with van der Waals surface area (Å²) in [5.74, 6) is 4.55. The van der Waals surface area contributed by atoms with Gasteiger partial charge in [-0.1, -0.05) is 0 Å². The molecule has 2 aliphatic heterocycles. The van der Waals surface area contributed by atoms with Crippen LogP contribution < -0.4 is 48.2 Å². The Hall–Kier alpha value is -3.79. The van der Waals surface area contributed by atoms with Crippen molar-refractivity contribution in [2.75, 3.05) is 44.7 Å². The van der Waals surface area contributed by atoms with E-state index in [1.165, 1.54) is 17.6 Å². The third kappa shape index (κ3) is 11.4. The molecule has 0 spiro atoms. The summed E-state index contributed by atoms with van der Waals surface area (Å²) in [6, 6.07) is 10.9. The molecule has 6 N–H and O–H groups in total. The molecule has 2 aliphatic rings. The minimum absolute atomic E-state index is 0.0636. The molecule has 0 fully saturated rings. The summed E-state index contributed by atoms with van der Waals surface area (Å²) in [6.45, 7) is 15.6. The second kappa shape index (κ2) is 19.6. The summed E-state index contributed by atoms with van der Waals surface area (Å²) in [4.78, 5) is 37.2. The van der Waals surface area contributed by atoms with Crippen LogP contribution in [-0.4, -0.2) is 110 Å². The fraction of sp³-hybridized carbons (Fsp3) is 0.489. The Bertz CT molecular complexity index is 2640. The molecule has 64 heavy (non-hydrogen) atoms. The van der Waals surface area contributed by atoms with Crippen LogP contribution in [0.5, 0.6) is 23.0 Å². The number of hydrogen-bond donors (Lipinski definition) is 4. The van der Waals surface area contributed by atoms with Crippen molar-refractivity contribution in [1.29, 1.82) is 0 Å². The summed E-state index contributed by atoms with van der Waals surface area (Å²) in [7, 11) is 0. The monoisotopic (exact) mass is 1110 g/mol. The quantitative estimate of drug-likeness (QED) is 0.0474. The van der Waals surface area contributed by atoms with E-state index < -0.39 is 42.8 Å². The van der Waals surface area contributed by atoms with Gasteiger partial charge in [0.2, 0.25) is 0 Å². The predicted octanol–water partition coefficient (Wildman–Crippen LogP) is 6.87. The van der Waals surface area contributed by atoms with Gasteiger partial charge >= 0.3 is 391 Å². The summed E-state index contributed by atoms with van der Waals surface area (Å²) < 4.78 is 43.6. The number of halogens is 1. The molecule has 0 bridgehead atoms. The van der Waals surface area contributed by atoms with Gasteiger partial charge in [0.05, 0.1) is 0 Å². The van der Waals surface area contributed by atoms with E-state index in [1.807, 2.05) is 10.6 Å². The van der Waals surface area contributed by atoms with Gasteiger partial charge in [0.1, 0.15) is 0 Å². The average Bonchev–Trinajstić information content (AvgIpc) is 4.00. The van der Waals surface area contributed by atoms with Gasteiger partial charge in [0, 0.05) is 0 Å². The average molecular weight is 1110 g/mol. The third-order valence-corrected chi connectivity index (χ3v) is 24.2. The molecule has 6 aromatic rings. The van der Waals surface area contributed by atoms with Gasteiger partial charge in [0.15, 0.2) is 0 Å². The second-order valence-electron chi connectivity index (χ2n) is 19.9. The summed E-state index contributed by atoms with van der Waals surface area (Å²) in [5.41, 5.74) is 16.2. The second-order valence-corrected chi connectivity index (χ2v) is 49.7. The van der Waals surface area contributed by atoms with Crippen LogP contribution in [-0.2, 0) is 19.5 Å². The first-order valence-electron chi connectivity index (χ1n) is 21.9. The van der Waals surface area contributed by atoms with Gasteiger partial charge in [-0.05, 0) is 0 Å². The first-order chi connectivity index (χ1) is 30.2. The SMILES string of the molecule is CC(C)(C)CNCCn1c(Sc2cc3c(c[c]2[Sn]([CH3])([CH3])[CH3])OCO3)nc2c(N)nccc21.CC(C)NCCCn1c(Cc2cc3c(c[c]2[Sn]([CH3])([CH3])[CH3])OCO3)nc2c(N)nc(F)nc21. The van der Waals surface area contributed by atoms with Crippen LogP contribution in [0.25, 0.3) is 22.2 Å². The fourth-order valence-corrected chi connectivity index (χ4v) is 19.9. The van der Waals surface area contributed by atoms with Gasteiger partial charge in [-0.25, -0.2) is 0 Å². The summed E-state index contributed by atoms with van der Waals surface area (Å²) >= 11 is -3.25. The van der Waals surface area contributed by atoms with Crippen molar-refractivity contribution in [1.82, 2.24) is 44.7 Å². The van der Waals surface area contributed by atoms with Crippen molar-refractivity contribution in [3.05, 3.63) is 54.0 Å². The Balaban J connectivity index is 0.000000191. The Morgan fingerprint density at radius 2 is 1.42 bits per heavy atom. The van der Waals surface area contributed by atoms with Gasteiger partial charge < -0.3 is 0 Å². The molecule has 6 heterocycles. The summed E-state index contributed by atoms with van der Waals surface area (Å²) in [6.07, 6.45) is 2.35. The number of benzene rings is 2. The number of pyridine rings is 1. The molecular weight excluding hydrogens is 1050 g/mol. The molecule has 2 aromatic carbocycles. The van der Waals surface area contributed by atoms with Crippen molar-refractivity contribution in [2.45, 2.75) is 106 Å². The fourth-order valence-electron chi connectivity index (χ4n) is 7.73. The van der Waals surface area contributed by atoms with Crippen molar-refractivity contribution in [3.63, 3.8) is 0 Å². The molecule has 4 aromatic heterocycles. The number of fused-ring (bicyclic) bond motifs is 4. The van der Waals surface area contributed by atoms with E-state index in [0.29, 0.717) is 36.0 Å². The number of nitrogens with one attached hydrogen (secondary N) is 2. The number of aryl methyl sites for hydroxylation is 1. The van der Waals surface area contributed by atoms with Crippen LogP contribution in [0.4, 0.5) is 16.0 Å². The number of nitrogens with two attached hydrogens (primary N) is 2. The first-order valence-corrected chi connectivity index (χ1v) is 42.7. The van der Waals surface area contributed by atoms with E-state index in [4.69, 9.17) is 40.4 Å². The van der Waals surface area contributed by atoms with E-state index in [1.54, 1.807) is 18.0 Å². The predicted molar refractivity (Wildman–Crippen MR) is 260 cm³/mol. The Labute approximate surface area is 388 Å². The van der Waals surface area contributed by atoms with Crippen LogP contribution in [0, 0.1) is 11.5 Å². The molecule has 0 aliphatic carbocycles. The van der Waals surface area contributed by atoms with Crippen molar-refractivity contribution < 1.29 is 23.3 Å². The number of aromatic nitrogens is 7. The maximum absolute atomic E-state index is 14.0. The molecule has 0 amide bonds. The van der Waals surface area contributed by atoms with E-state index in [9.17, 15) is 4.39 Å². The zero-order valence-corrected chi connectivity index (χ0v) is 45.6. The Kier molecular flexibility index (Phi) is 14.7. The van der Waals surface area contributed by atoms with Crippen LogP contribution >= 0.6 is 11.8 Å². The topological polar surface area (TPSA) is 187 Å². The number of nitrogen functional groups attached to an aromatic ring is 2. The molecule has 0 atom stereocenters. The van der Waals surface area contributed by atoms with E-state index in [-0.39, 0.29) is 24.8 Å². The molecule has 8 rings (SSSR count). The molecule has 0 unspecified atom stereocenters. The Morgan fingerprint density at radius 3 is 2.06 bits per heavy atom. The number of rotatable bonds is 15. The van der Waals surface area contributed by atoms with Crippen molar-refractivity contribution in [2.24, 2.45) is 5.41 Å². The van der Waals surface area contributed by atoms with Crippen LogP contribution in [0.2, 0.25) is 29.6 Å².